The molecule has 0 spiro atoms. The predicted molar refractivity (Wildman–Crippen MR) is 78.1 cm³/mol. The van der Waals surface area contributed by atoms with Gasteiger partial charge in [-0.1, -0.05) is 6.07 Å². The minimum absolute atomic E-state index is 0.200. The molecule has 1 aromatic rings. The lowest BCUT2D eigenvalue weighted by Crippen LogP contribution is -2.26. The molecule has 116 valence electrons. The van der Waals surface area contributed by atoms with Gasteiger partial charge < -0.3 is 20.0 Å². The summed E-state index contributed by atoms with van der Waals surface area (Å²) in [5, 5.41) is 0. The summed E-state index contributed by atoms with van der Waals surface area (Å²) in [5.74, 6) is 1.42. The number of carbonyl (C=O) groups is 1. The van der Waals surface area contributed by atoms with Gasteiger partial charge in [0.2, 0.25) is 0 Å². The quantitative estimate of drug-likeness (QED) is 0.788. The Bertz CT molecular complexity index is 487. The highest BCUT2D eigenvalue weighted by molar-refractivity contribution is 5.64. The Morgan fingerprint density at radius 2 is 2.05 bits per heavy atom. The molecule has 0 saturated heterocycles. The van der Waals surface area contributed by atoms with Crippen molar-refractivity contribution in [3.05, 3.63) is 23.8 Å². The third-order valence-corrected chi connectivity index (χ3v) is 3.62. The van der Waals surface area contributed by atoms with Crippen molar-refractivity contribution in [2.45, 2.75) is 44.8 Å². The Labute approximate surface area is 124 Å². The number of amides is 1. The van der Waals surface area contributed by atoms with Gasteiger partial charge in [-0.25, -0.2) is 4.79 Å². The fourth-order valence-corrected chi connectivity index (χ4v) is 2.46. The number of rotatable bonds is 6. The standard InChI is InChI=1S/C15H22N2O4/c1-10(17-21-15(16)18)11-7-8-13(19-2)14(9-11)20-12-5-3-4-6-12/h7-10,12,17H,3-6H2,1-2H3,(H2,16,18)/t10-/m1/s1. The van der Waals surface area contributed by atoms with E-state index in [1.54, 1.807) is 7.11 Å². The summed E-state index contributed by atoms with van der Waals surface area (Å²) in [6, 6.07) is 5.44. The van der Waals surface area contributed by atoms with Gasteiger partial charge in [0, 0.05) is 0 Å². The van der Waals surface area contributed by atoms with Gasteiger partial charge in [0.15, 0.2) is 11.5 Å². The normalized spacial score (nSPS) is 16.5. The van der Waals surface area contributed by atoms with E-state index in [0.29, 0.717) is 5.75 Å². The summed E-state index contributed by atoms with van der Waals surface area (Å²) in [7, 11) is 1.62. The van der Waals surface area contributed by atoms with Crippen molar-refractivity contribution in [2.75, 3.05) is 7.11 Å². The molecule has 0 aromatic heterocycles. The number of carbonyl (C=O) groups excluding carboxylic acids is 1. The molecule has 2 rings (SSSR count). The molecule has 1 aromatic carbocycles. The maximum absolute atomic E-state index is 10.6. The molecule has 6 heteroatoms. The zero-order valence-corrected chi connectivity index (χ0v) is 12.4. The van der Waals surface area contributed by atoms with Crippen molar-refractivity contribution in [1.29, 1.82) is 0 Å². The lowest BCUT2D eigenvalue weighted by atomic mass is 10.1. The van der Waals surface area contributed by atoms with Gasteiger partial charge in [0.25, 0.3) is 0 Å². The highest BCUT2D eigenvalue weighted by Crippen LogP contribution is 2.33. The Balaban J connectivity index is 2.10. The van der Waals surface area contributed by atoms with Crippen LogP contribution in [-0.2, 0) is 4.84 Å². The molecule has 0 heterocycles. The van der Waals surface area contributed by atoms with Gasteiger partial charge in [0.05, 0.1) is 19.3 Å². The number of nitrogens with one attached hydrogen (secondary N) is 1. The van der Waals surface area contributed by atoms with Crippen LogP contribution in [0.25, 0.3) is 0 Å². The molecular formula is C15H22N2O4. The lowest BCUT2D eigenvalue weighted by molar-refractivity contribution is 0.0798. The van der Waals surface area contributed by atoms with E-state index in [9.17, 15) is 4.79 Å². The lowest BCUT2D eigenvalue weighted by Gasteiger charge is -2.19. The van der Waals surface area contributed by atoms with E-state index in [0.717, 1.165) is 24.2 Å². The van der Waals surface area contributed by atoms with Crippen LogP contribution in [0.15, 0.2) is 18.2 Å². The van der Waals surface area contributed by atoms with Crippen LogP contribution in [-0.4, -0.2) is 19.3 Å². The minimum atomic E-state index is -0.863. The molecule has 6 nitrogen and oxygen atoms in total. The van der Waals surface area contributed by atoms with Crippen molar-refractivity contribution in [1.82, 2.24) is 5.48 Å². The molecule has 1 amide bonds. The first-order valence-corrected chi connectivity index (χ1v) is 7.16. The number of nitrogens with two attached hydrogens (primary N) is 1. The molecule has 1 fully saturated rings. The summed E-state index contributed by atoms with van der Waals surface area (Å²) in [4.78, 5) is 15.2. The number of hydrogen-bond donors (Lipinski definition) is 2. The third kappa shape index (κ3) is 4.26. The SMILES string of the molecule is COc1ccc([C@@H](C)NOC(N)=O)cc1OC1CCCC1. The monoisotopic (exact) mass is 294 g/mol. The average Bonchev–Trinajstić information content (AvgIpc) is 2.97. The Morgan fingerprint density at radius 1 is 1.33 bits per heavy atom. The molecule has 0 aliphatic heterocycles. The Hall–Kier alpha value is -1.95. The maximum Gasteiger partial charge on any atom is 0.423 e. The number of ether oxygens (including phenoxy) is 2. The summed E-state index contributed by atoms with van der Waals surface area (Å²) < 4.78 is 11.4. The smallest absolute Gasteiger partial charge is 0.423 e. The highest BCUT2D eigenvalue weighted by atomic mass is 16.7. The summed E-state index contributed by atoms with van der Waals surface area (Å²) in [6.07, 6.45) is 3.95. The topological polar surface area (TPSA) is 82.8 Å². The van der Waals surface area contributed by atoms with Gasteiger partial charge >= 0.3 is 6.09 Å². The molecule has 0 radical (unpaired) electrons. The maximum atomic E-state index is 10.6. The number of benzene rings is 1. The molecule has 1 aliphatic carbocycles. The van der Waals surface area contributed by atoms with Crippen molar-refractivity contribution >= 4 is 6.09 Å². The average molecular weight is 294 g/mol. The van der Waals surface area contributed by atoms with Crippen LogP contribution in [0.3, 0.4) is 0 Å². The van der Waals surface area contributed by atoms with E-state index in [2.05, 4.69) is 10.3 Å². The first kappa shape index (κ1) is 15.4. The first-order valence-electron chi connectivity index (χ1n) is 7.16. The second kappa shape index (κ2) is 7.17. The highest BCUT2D eigenvalue weighted by Gasteiger charge is 2.19. The molecule has 1 aliphatic rings. The van der Waals surface area contributed by atoms with Crippen molar-refractivity contribution < 1.29 is 19.1 Å². The van der Waals surface area contributed by atoms with Crippen LogP contribution in [0.1, 0.15) is 44.2 Å². The summed E-state index contributed by atoms with van der Waals surface area (Å²) >= 11 is 0. The molecule has 21 heavy (non-hydrogen) atoms. The van der Waals surface area contributed by atoms with Gasteiger partial charge in [-0.05, 0) is 50.3 Å². The van der Waals surface area contributed by atoms with E-state index in [-0.39, 0.29) is 12.1 Å². The molecular weight excluding hydrogens is 272 g/mol. The second-order valence-electron chi connectivity index (χ2n) is 5.20. The number of methoxy groups -OCH3 is 1. The van der Waals surface area contributed by atoms with E-state index in [4.69, 9.17) is 15.2 Å². The van der Waals surface area contributed by atoms with Crippen LogP contribution in [0.4, 0.5) is 4.79 Å². The van der Waals surface area contributed by atoms with Crippen LogP contribution < -0.4 is 20.7 Å². The first-order chi connectivity index (χ1) is 10.1. The summed E-state index contributed by atoms with van der Waals surface area (Å²) in [5.41, 5.74) is 8.44. The number of primary amides is 1. The van der Waals surface area contributed by atoms with Crippen LogP contribution in [0.2, 0.25) is 0 Å². The van der Waals surface area contributed by atoms with E-state index in [1.165, 1.54) is 12.8 Å². The molecule has 3 N–H and O–H groups in total. The van der Waals surface area contributed by atoms with Crippen LogP contribution in [0.5, 0.6) is 11.5 Å². The number of hydrogen-bond acceptors (Lipinski definition) is 5. The third-order valence-electron chi connectivity index (χ3n) is 3.62. The van der Waals surface area contributed by atoms with Gasteiger partial charge in [0.1, 0.15) is 0 Å². The predicted octanol–water partition coefficient (Wildman–Crippen LogP) is 2.68. The van der Waals surface area contributed by atoms with Gasteiger partial charge in [-0.15, -0.1) is 5.48 Å². The number of hydroxylamine groups is 1. The fraction of sp³-hybridized carbons (Fsp3) is 0.533. The second-order valence-corrected chi connectivity index (χ2v) is 5.20. The van der Waals surface area contributed by atoms with E-state index < -0.39 is 6.09 Å². The zero-order chi connectivity index (χ0) is 15.2. The molecule has 1 saturated carbocycles. The molecule has 0 unspecified atom stereocenters. The fourth-order valence-electron chi connectivity index (χ4n) is 2.46. The largest absolute Gasteiger partial charge is 0.493 e. The van der Waals surface area contributed by atoms with Gasteiger partial charge in [-0.3, -0.25) is 0 Å². The van der Waals surface area contributed by atoms with Gasteiger partial charge in [-0.2, -0.15) is 0 Å². The molecule has 1 atom stereocenters. The van der Waals surface area contributed by atoms with Crippen LogP contribution in [0, 0.1) is 0 Å². The molecule has 0 bridgehead atoms. The minimum Gasteiger partial charge on any atom is -0.493 e. The van der Waals surface area contributed by atoms with E-state index in [1.807, 2.05) is 25.1 Å². The van der Waals surface area contributed by atoms with Crippen molar-refractivity contribution in [3.8, 4) is 11.5 Å². The van der Waals surface area contributed by atoms with E-state index >= 15 is 0 Å². The van der Waals surface area contributed by atoms with Crippen molar-refractivity contribution in [2.24, 2.45) is 5.73 Å². The van der Waals surface area contributed by atoms with Crippen LogP contribution >= 0.6 is 0 Å². The zero-order valence-electron chi connectivity index (χ0n) is 12.4. The van der Waals surface area contributed by atoms with Crippen molar-refractivity contribution in [3.63, 3.8) is 0 Å². The Morgan fingerprint density at radius 3 is 2.67 bits per heavy atom. The Kier molecular flexibility index (Phi) is 5.27. The summed E-state index contributed by atoms with van der Waals surface area (Å²) in [6.45, 7) is 1.87.